The van der Waals surface area contributed by atoms with Crippen molar-refractivity contribution in [3.63, 3.8) is 0 Å². The van der Waals surface area contributed by atoms with E-state index in [2.05, 4.69) is 50.1 Å². The minimum atomic E-state index is -1.01. The fourth-order valence-corrected chi connectivity index (χ4v) is 5.93. The zero-order valence-corrected chi connectivity index (χ0v) is 22.0. The van der Waals surface area contributed by atoms with Crippen molar-refractivity contribution < 1.29 is 39.5 Å². The number of hydrogen-bond acceptors (Lipinski definition) is 6. The molecular formula is C22H31N2NaO2S2. The van der Waals surface area contributed by atoms with Crippen LogP contribution < -0.4 is 39.6 Å². The van der Waals surface area contributed by atoms with Crippen molar-refractivity contribution in [2.24, 2.45) is 11.3 Å². The van der Waals surface area contributed by atoms with Gasteiger partial charge in [-0.15, -0.1) is 22.7 Å². The molecule has 3 rings (SSSR count). The van der Waals surface area contributed by atoms with Crippen LogP contribution in [0.2, 0.25) is 0 Å². The first-order valence-corrected chi connectivity index (χ1v) is 11.9. The Morgan fingerprint density at radius 3 is 2.48 bits per heavy atom. The van der Waals surface area contributed by atoms with E-state index >= 15 is 0 Å². The molecule has 0 aliphatic heterocycles. The maximum atomic E-state index is 11.0. The number of thiophene rings is 1. The van der Waals surface area contributed by atoms with Gasteiger partial charge in [-0.05, 0) is 56.1 Å². The van der Waals surface area contributed by atoms with Crippen LogP contribution >= 0.6 is 22.7 Å². The largest absolute Gasteiger partial charge is 1.00 e. The van der Waals surface area contributed by atoms with Crippen LogP contribution in [0, 0.1) is 18.3 Å². The number of carboxylic acid groups (broad SMARTS) is 1. The smallest absolute Gasteiger partial charge is 0.550 e. The molecule has 0 atom stereocenters. The van der Waals surface area contributed by atoms with Gasteiger partial charge < -0.3 is 14.8 Å². The molecule has 154 valence electrons. The molecule has 1 aliphatic rings. The molecular weight excluding hydrogens is 411 g/mol. The average molecular weight is 443 g/mol. The van der Waals surface area contributed by atoms with Crippen molar-refractivity contribution in [3.05, 3.63) is 33.0 Å². The standard InChI is InChI=1S/C22H32N2O2S2.Na/c1-15-5-10-18(28-15)13-24(12-11-20(25)26)21-23-19(14-27-21)16-6-8-17(9-7-16)22(2,3)4;/h5,10,14,16-17H,6-9,11-13H2,1-4H3,(H,25,26);/q;+1/p-1. The van der Waals surface area contributed by atoms with Crippen molar-refractivity contribution in [2.45, 2.75) is 72.3 Å². The molecule has 2 heterocycles. The molecule has 2 aromatic heterocycles. The number of carbonyl (C=O) groups is 1. The maximum Gasteiger partial charge on any atom is 1.00 e. The van der Waals surface area contributed by atoms with Crippen LogP contribution in [0.4, 0.5) is 5.13 Å². The van der Waals surface area contributed by atoms with Gasteiger partial charge in [-0.3, -0.25) is 0 Å². The van der Waals surface area contributed by atoms with Crippen molar-refractivity contribution in [2.75, 3.05) is 11.4 Å². The Hall–Kier alpha value is -0.400. The monoisotopic (exact) mass is 442 g/mol. The van der Waals surface area contributed by atoms with Crippen molar-refractivity contribution >= 4 is 33.8 Å². The molecule has 29 heavy (non-hydrogen) atoms. The average Bonchev–Trinajstić information content (AvgIpc) is 3.27. The normalized spacial score (nSPS) is 19.6. The third kappa shape index (κ3) is 7.06. The number of aromatic nitrogens is 1. The number of aliphatic carboxylic acids is 1. The third-order valence-corrected chi connectivity index (χ3v) is 7.78. The molecule has 1 saturated carbocycles. The van der Waals surface area contributed by atoms with Gasteiger partial charge in [-0.1, -0.05) is 20.8 Å². The number of anilines is 1. The van der Waals surface area contributed by atoms with Gasteiger partial charge in [0.15, 0.2) is 5.13 Å². The van der Waals surface area contributed by atoms with Gasteiger partial charge in [0.2, 0.25) is 0 Å². The molecule has 0 amide bonds. The molecule has 0 spiro atoms. The van der Waals surface area contributed by atoms with E-state index in [-0.39, 0.29) is 36.0 Å². The van der Waals surface area contributed by atoms with E-state index in [1.165, 1.54) is 41.1 Å². The summed E-state index contributed by atoms with van der Waals surface area (Å²) < 4.78 is 0. The predicted molar refractivity (Wildman–Crippen MR) is 116 cm³/mol. The Bertz CT molecular complexity index is 789. The Balaban J connectivity index is 0.00000300. The molecule has 0 N–H and O–H groups in total. The van der Waals surface area contributed by atoms with Gasteiger partial charge in [0.1, 0.15) is 0 Å². The molecule has 1 aliphatic carbocycles. The number of carbonyl (C=O) groups excluding carboxylic acids is 1. The minimum Gasteiger partial charge on any atom is -0.550 e. The number of thiazole rings is 1. The SMILES string of the molecule is Cc1ccc(CN(CCC(=O)[O-])c2nc(C3CCC(C(C)(C)C)CC3)cs2)s1.[Na+]. The van der Waals surface area contributed by atoms with E-state index < -0.39 is 5.97 Å². The fraction of sp³-hybridized carbons (Fsp3) is 0.636. The van der Waals surface area contributed by atoms with Gasteiger partial charge in [0.05, 0.1) is 12.2 Å². The zero-order valence-electron chi connectivity index (χ0n) is 18.4. The molecule has 7 heteroatoms. The van der Waals surface area contributed by atoms with Gasteiger partial charge in [-0.2, -0.15) is 0 Å². The van der Waals surface area contributed by atoms with Gasteiger partial charge >= 0.3 is 29.6 Å². The van der Waals surface area contributed by atoms with Crippen LogP contribution in [0.5, 0.6) is 0 Å². The van der Waals surface area contributed by atoms with E-state index in [0.29, 0.717) is 24.4 Å². The van der Waals surface area contributed by atoms with E-state index in [1.807, 2.05) is 0 Å². The molecule has 0 bridgehead atoms. The molecule has 0 unspecified atom stereocenters. The van der Waals surface area contributed by atoms with E-state index in [4.69, 9.17) is 4.98 Å². The number of rotatable bonds is 7. The van der Waals surface area contributed by atoms with Crippen molar-refractivity contribution in [1.29, 1.82) is 0 Å². The number of hydrogen-bond donors (Lipinski definition) is 0. The van der Waals surface area contributed by atoms with E-state index in [9.17, 15) is 9.90 Å². The molecule has 4 nitrogen and oxygen atoms in total. The number of aryl methyl sites for hydroxylation is 1. The number of nitrogens with zero attached hydrogens (tertiary/aromatic N) is 2. The Labute approximate surface area is 205 Å². The molecule has 1 fully saturated rings. The van der Waals surface area contributed by atoms with E-state index in [0.717, 1.165) is 11.0 Å². The topological polar surface area (TPSA) is 56.3 Å². The van der Waals surface area contributed by atoms with Crippen LogP contribution in [-0.2, 0) is 11.3 Å². The van der Waals surface area contributed by atoms with Gasteiger partial charge in [0.25, 0.3) is 0 Å². The summed E-state index contributed by atoms with van der Waals surface area (Å²) in [4.78, 5) is 20.5. The summed E-state index contributed by atoms with van der Waals surface area (Å²) in [5.74, 6) is 0.323. The Morgan fingerprint density at radius 2 is 1.93 bits per heavy atom. The van der Waals surface area contributed by atoms with Crippen molar-refractivity contribution in [3.8, 4) is 0 Å². The predicted octanol–water partition coefficient (Wildman–Crippen LogP) is 1.98. The Kier molecular flexibility index (Phi) is 9.23. The summed E-state index contributed by atoms with van der Waals surface area (Å²) in [6, 6.07) is 4.23. The first-order chi connectivity index (χ1) is 13.2. The first-order valence-electron chi connectivity index (χ1n) is 10.2. The van der Waals surface area contributed by atoms with Crippen LogP contribution in [0.15, 0.2) is 17.5 Å². The van der Waals surface area contributed by atoms with Crippen LogP contribution in [0.1, 0.15) is 74.2 Å². The van der Waals surface area contributed by atoms with Crippen molar-refractivity contribution in [1.82, 2.24) is 4.98 Å². The maximum absolute atomic E-state index is 11.0. The quantitative estimate of drug-likeness (QED) is 0.616. The van der Waals surface area contributed by atoms with Crippen LogP contribution in [0.3, 0.4) is 0 Å². The molecule has 0 aromatic carbocycles. The Morgan fingerprint density at radius 1 is 1.24 bits per heavy atom. The summed E-state index contributed by atoms with van der Waals surface area (Å²) in [5, 5.41) is 14.1. The number of carboxylic acids is 1. The van der Waals surface area contributed by atoms with Gasteiger partial charge in [0, 0.05) is 40.0 Å². The third-order valence-electron chi connectivity index (χ3n) is 5.88. The van der Waals surface area contributed by atoms with Crippen LogP contribution in [0.25, 0.3) is 0 Å². The molecule has 0 saturated heterocycles. The molecule has 0 radical (unpaired) electrons. The summed E-state index contributed by atoms with van der Waals surface area (Å²) in [7, 11) is 0. The zero-order chi connectivity index (χ0) is 20.3. The minimum absolute atomic E-state index is 0. The van der Waals surface area contributed by atoms with E-state index in [1.54, 1.807) is 22.7 Å². The molecule has 2 aromatic rings. The summed E-state index contributed by atoms with van der Waals surface area (Å²) in [6.07, 6.45) is 4.96. The second-order valence-electron chi connectivity index (χ2n) is 9.03. The second-order valence-corrected chi connectivity index (χ2v) is 11.2. The fourth-order valence-electron chi connectivity index (χ4n) is 4.09. The first kappa shape index (κ1) is 24.9. The summed E-state index contributed by atoms with van der Waals surface area (Å²) in [6.45, 7) is 10.3. The summed E-state index contributed by atoms with van der Waals surface area (Å²) in [5.41, 5.74) is 1.58. The second kappa shape index (κ2) is 10.8. The summed E-state index contributed by atoms with van der Waals surface area (Å²) >= 11 is 3.40. The van der Waals surface area contributed by atoms with Gasteiger partial charge in [-0.25, -0.2) is 4.98 Å². The van der Waals surface area contributed by atoms with Crippen LogP contribution in [-0.4, -0.2) is 17.5 Å².